The van der Waals surface area contributed by atoms with Gasteiger partial charge < -0.3 is 9.88 Å². The first-order valence-corrected chi connectivity index (χ1v) is 9.34. The first kappa shape index (κ1) is 17.4. The summed E-state index contributed by atoms with van der Waals surface area (Å²) in [5.41, 5.74) is 1.06. The molecule has 1 aromatic carbocycles. The van der Waals surface area contributed by atoms with E-state index in [9.17, 15) is 9.59 Å². The van der Waals surface area contributed by atoms with E-state index in [0.717, 1.165) is 37.5 Å². The molecule has 3 aromatic rings. The molecule has 4 rings (SSSR count). The highest BCUT2D eigenvalue weighted by Gasteiger charge is 2.15. The van der Waals surface area contributed by atoms with Gasteiger partial charge in [-0.25, -0.2) is 4.98 Å². The Balaban J connectivity index is 1.39. The minimum Gasteiger partial charge on any atom is -0.354 e. The molecule has 1 amide bonds. The van der Waals surface area contributed by atoms with Crippen LogP contribution in [0.15, 0.2) is 35.3 Å². The molecule has 0 fully saturated rings. The molecule has 0 saturated carbocycles. The molecular formula is C19H22N6O2. The highest BCUT2D eigenvalue weighted by molar-refractivity contribution is 5.79. The smallest absolute Gasteiger partial charge is 0.269 e. The summed E-state index contributed by atoms with van der Waals surface area (Å²) < 4.78 is 3.63. The Labute approximate surface area is 156 Å². The van der Waals surface area contributed by atoms with Gasteiger partial charge in [-0.05, 0) is 25.0 Å². The van der Waals surface area contributed by atoms with Crippen LogP contribution >= 0.6 is 0 Å². The summed E-state index contributed by atoms with van der Waals surface area (Å²) in [6, 6.07) is 7.29. The maximum absolute atomic E-state index is 12.3. The first-order chi connectivity index (χ1) is 13.2. The Hall–Kier alpha value is -3.03. The average molecular weight is 366 g/mol. The second-order valence-corrected chi connectivity index (χ2v) is 6.77. The molecule has 0 unspecified atom stereocenters. The number of carbonyl (C=O) groups is 1. The monoisotopic (exact) mass is 366 g/mol. The van der Waals surface area contributed by atoms with Crippen molar-refractivity contribution in [1.29, 1.82) is 0 Å². The van der Waals surface area contributed by atoms with Crippen molar-refractivity contribution in [1.82, 2.24) is 29.6 Å². The van der Waals surface area contributed by atoms with Gasteiger partial charge in [0.25, 0.3) is 5.56 Å². The minimum absolute atomic E-state index is 0.0280. The number of fused-ring (bicyclic) bond motifs is 2. The molecule has 8 heteroatoms. The van der Waals surface area contributed by atoms with E-state index in [1.54, 1.807) is 6.07 Å². The number of para-hydroxylation sites is 2. The van der Waals surface area contributed by atoms with Gasteiger partial charge in [0.1, 0.15) is 18.2 Å². The van der Waals surface area contributed by atoms with E-state index in [4.69, 9.17) is 0 Å². The van der Waals surface area contributed by atoms with E-state index in [1.807, 2.05) is 18.2 Å². The topological polar surface area (TPSA) is 94.7 Å². The number of hydrogen-bond acceptors (Lipinski definition) is 5. The lowest BCUT2D eigenvalue weighted by atomic mass is 10.2. The van der Waals surface area contributed by atoms with Gasteiger partial charge in [0.2, 0.25) is 5.91 Å². The number of rotatable bonds is 5. The zero-order valence-corrected chi connectivity index (χ0v) is 15.1. The van der Waals surface area contributed by atoms with E-state index in [0.29, 0.717) is 24.0 Å². The lowest BCUT2D eigenvalue weighted by molar-refractivity contribution is -0.121. The second-order valence-electron chi connectivity index (χ2n) is 6.77. The summed E-state index contributed by atoms with van der Waals surface area (Å²) in [6.45, 7) is 1.39. The van der Waals surface area contributed by atoms with Crippen molar-refractivity contribution in [2.45, 2.75) is 45.2 Å². The molecule has 0 atom stereocenters. The maximum Gasteiger partial charge on any atom is 0.269 e. The fourth-order valence-electron chi connectivity index (χ4n) is 3.52. The summed E-state index contributed by atoms with van der Waals surface area (Å²) in [5.74, 6) is 1.76. The van der Waals surface area contributed by atoms with Gasteiger partial charge in [-0.1, -0.05) is 18.6 Å². The van der Waals surface area contributed by atoms with Crippen LogP contribution < -0.4 is 10.9 Å². The molecule has 2 aromatic heterocycles. The van der Waals surface area contributed by atoms with Crippen molar-refractivity contribution in [3.05, 3.63) is 52.5 Å². The van der Waals surface area contributed by atoms with Crippen LogP contribution in [0.1, 0.15) is 30.9 Å². The van der Waals surface area contributed by atoms with E-state index >= 15 is 0 Å². The highest BCUT2D eigenvalue weighted by atomic mass is 16.2. The standard InChI is InChI=1S/C19H22N6O2/c26-18(13-25-15-7-4-3-6-14(15)21-12-19(25)27)20-10-9-17-23-22-16-8-2-1-5-11-24(16)17/h3-4,6-7,12H,1-2,5,8-11,13H2,(H,20,26). The molecule has 0 spiro atoms. The maximum atomic E-state index is 12.3. The van der Waals surface area contributed by atoms with E-state index < -0.39 is 0 Å². The van der Waals surface area contributed by atoms with Crippen molar-refractivity contribution >= 4 is 16.9 Å². The third-order valence-electron chi connectivity index (χ3n) is 4.91. The largest absolute Gasteiger partial charge is 0.354 e. The summed E-state index contributed by atoms with van der Waals surface area (Å²) in [7, 11) is 0. The van der Waals surface area contributed by atoms with Crippen LogP contribution in [0, 0.1) is 0 Å². The number of aromatic nitrogens is 5. The van der Waals surface area contributed by atoms with Crippen molar-refractivity contribution in [3.63, 3.8) is 0 Å². The summed E-state index contributed by atoms with van der Waals surface area (Å²) >= 11 is 0. The number of nitrogens with zero attached hydrogens (tertiary/aromatic N) is 5. The molecule has 1 aliphatic rings. The van der Waals surface area contributed by atoms with Crippen molar-refractivity contribution in [2.24, 2.45) is 0 Å². The summed E-state index contributed by atoms with van der Waals surface area (Å²) in [6.07, 6.45) is 6.36. The number of nitrogens with one attached hydrogen (secondary N) is 1. The molecule has 1 aliphatic heterocycles. The van der Waals surface area contributed by atoms with Gasteiger partial charge in [0, 0.05) is 25.9 Å². The van der Waals surface area contributed by atoms with Gasteiger partial charge in [-0.3, -0.25) is 14.2 Å². The summed E-state index contributed by atoms with van der Waals surface area (Å²) in [4.78, 5) is 28.6. The summed E-state index contributed by atoms with van der Waals surface area (Å²) in [5, 5.41) is 11.4. The number of carbonyl (C=O) groups excluding carboxylic acids is 1. The Morgan fingerprint density at radius 2 is 2.04 bits per heavy atom. The molecule has 27 heavy (non-hydrogen) atoms. The first-order valence-electron chi connectivity index (χ1n) is 9.34. The molecule has 0 saturated heterocycles. The molecule has 140 valence electrons. The minimum atomic E-state index is -0.286. The normalized spacial score (nSPS) is 13.9. The lowest BCUT2D eigenvalue weighted by Gasteiger charge is -2.10. The molecule has 3 heterocycles. The average Bonchev–Trinajstić information content (AvgIpc) is 2.90. The van der Waals surface area contributed by atoms with Crippen LogP contribution in [0.3, 0.4) is 0 Å². The Bertz CT molecular complexity index is 1020. The number of benzene rings is 1. The van der Waals surface area contributed by atoms with Crippen LogP contribution in [-0.4, -0.2) is 36.8 Å². The molecule has 0 aliphatic carbocycles. The van der Waals surface area contributed by atoms with Crippen LogP contribution in [0.2, 0.25) is 0 Å². The Morgan fingerprint density at radius 3 is 2.96 bits per heavy atom. The van der Waals surface area contributed by atoms with Crippen LogP contribution in [0.25, 0.3) is 11.0 Å². The van der Waals surface area contributed by atoms with E-state index in [-0.39, 0.29) is 18.0 Å². The zero-order valence-electron chi connectivity index (χ0n) is 15.1. The Morgan fingerprint density at radius 1 is 1.15 bits per heavy atom. The van der Waals surface area contributed by atoms with Crippen LogP contribution in [0.5, 0.6) is 0 Å². The molecule has 8 nitrogen and oxygen atoms in total. The van der Waals surface area contributed by atoms with Crippen molar-refractivity contribution in [2.75, 3.05) is 6.54 Å². The van der Waals surface area contributed by atoms with E-state index in [1.165, 1.54) is 17.2 Å². The number of amides is 1. The van der Waals surface area contributed by atoms with Crippen molar-refractivity contribution in [3.8, 4) is 0 Å². The van der Waals surface area contributed by atoms with Gasteiger partial charge in [0.15, 0.2) is 0 Å². The molecule has 0 radical (unpaired) electrons. The van der Waals surface area contributed by atoms with Gasteiger partial charge in [0.05, 0.1) is 17.2 Å². The predicted molar refractivity (Wildman–Crippen MR) is 100 cm³/mol. The molecule has 0 bridgehead atoms. The van der Waals surface area contributed by atoms with E-state index in [2.05, 4.69) is 25.1 Å². The van der Waals surface area contributed by atoms with Crippen LogP contribution in [0.4, 0.5) is 0 Å². The number of hydrogen-bond donors (Lipinski definition) is 1. The molecular weight excluding hydrogens is 344 g/mol. The third kappa shape index (κ3) is 3.74. The van der Waals surface area contributed by atoms with Gasteiger partial charge in [-0.2, -0.15) is 0 Å². The van der Waals surface area contributed by atoms with Gasteiger partial charge in [-0.15, -0.1) is 10.2 Å². The SMILES string of the molecule is O=C(Cn1c(=O)cnc2ccccc21)NCCc1nnc2n1CCCCC2. The zero-order chi connectivity index (χ0) is 18.6. The quantitative estimate of drug-likeness (QED) is 0.729. The second kappa shape index (κ2) is 7.69. The highest BCUT2D eigenvalue weighted by Crippen LogP contribution is 2.14. The van der Waals surface area contributed by atoms with Crippen LogP contribution in [-0.2, 0) is 30.7 Å². The molecule has 1 N–H and O–H groups in total. The Kier molecular flexibility index (Phi) is 4.95. The third-order valence-corrected chi connectivity index (χ3v) is 4.91. The van der Waals surface area contributed by atoms with Gasteiger partial charge >= 0.3 is 0 Å². The fourth-order valence-corrected chi connectivity index (χ4v) is 3.52. The fraction of sp³-hybridized carbons (Fsp3) is 0.421. The van der Waals surface area contributed by atoms with Crippen molar-refractivity contribution < 1.29 is 4.79 Å². The number of aryl methyl sites for hydroxylation is 1. The predicted octanol–water partition coefficient (Wildman–Crippen LogP) is 1.07. The lowest BCUT2D eigenvalue weighted by Crippen LogP contribution is -2.33.